The van der Waals surface area contributed by atoms with Crippen molar-refractivity contribution < 1.29 is 19.1 Å². The molecule has 4 heteroatoms. The van der Waals surface area contributed by atoms with E-state index in [1.54, 1.807) is 50.2 Å². The van der Waals surface area contributed by atoms with Crippen LogP contribution in [0.5, 0.6) is 11.5 Å². The number of ether oxygens (including phenoxy) is 2. The maximum absolute atomic E-state index is 11.7. The van der Waals surface area contributed by atoms with Crippen molar-refractivity contribution in [3.05, 3.63) is 119 Å². The van der Waals surface area contributed by atoms with Gasteiger partial charge in [-0.3, -0.25) is 0 Å². The molecule has 0 saturated carbocycles. The molecule has 4 nitrogen and oxygen atoms in total. The zero-order valence-corrected chi connectivity index (χ0v) is 19.0. The van der Waals surface area contributed by atoms with Crippen molar-refractivity contribution in [2.24, 2.45) is 0 Å². The molecule has 0 saturated heterocycles. The smallest absolute Gasteiger partial charge is 0.338 e. The summed E-state index contributed by atoms with van der Waals surface area (Å²) in [6.45, 7) is 10.3. The Morgan fingerprint density at radius 2 is 0.941 bits per heavy atom. The van der Waals surface area contributed by atoms with E-state index >= 15 is 0 Å². The van der Waals surface area contributed by atoms with Crippen LogP contribution in [0.3, 0.4) is 0 Å². The van der Waals surface area contributed by atoms with Crippen molar-refractivity contribution in [3.8, 4) is 35.2 Å². The summed E-state index contributed by atoms with van der Waals surface area (Å²) in [5.41, 5.74) is 3.76. The molecule has 0 aliphatic rings. The average molecular weight is 447 g/mol. The van der Waals surface area contributed by atoms with Crippen LogP contribution >= 0.6 is 0 Å². The number of carbonyl (C=O) groups excluding carboxylic acids is 2. The molecule has 3 aromatic carbocycles. The fraction of sp³-hybridized carbons (Fsp3) is 0.0667. The minimum Gasteiger partial charge on any atom is -0.423 e. The second-order valence-electron chi connectivity index (χ2n) is 7.47. The van der Waals surface area contributed by atoms with Gasteiger partial charge in [0.15, 0.2) is 0 Å². The summed E-state index contributed by atoms with van der Waals surface area (Å²) in [6, 6.07) is 21.6. The van der Waals surface area contributed by atoms with Crippen molar-refractivity contribution in [1.82, 2.24) is 0 Å². The van der Waals surface area contributed by atoms with Crippen LogP contribution in [0.1, 0.15) is 36.1 Å². The monoisotopic (exact) mass is 446 g/mol. The van der Waals surface area contributed by atoms with Crippen LogP contribution in [0.2, 0.25) is 0 Å². The van der Waals surface area contributed by atoms with E-state index in [1.165, 1.54) is 0 Å². The van der Waals surface area contributed by atoms with Gasteiger partial charge in [0, 0.05) is 33.4 Å². The van der Waals surface area contributed by atoms with Gasteiger partial charge in [0.2, 0.25) is 0 Å². The third-order valence-electron chi connectivity index (χ3n) is 4.37. The second-order valence-corrected chi connectivity index (χ2v) is 7.47. The topological polar surface area (TPSA) is 52.6 Å². The zero-order valence-electron chi connectivity index (χ0n) is 19.0. The fourth-order valence-electron chi connectivity index (χ4n) is 2.59. The van der Waals surface area contributed by atoms with E-state index in [0.717, 1.165) is 22.3 Å². The van der Waals surface area contributed by atoms with Crippen LogP contribution in [0, 0.1) is 23.7 Å². The Bertz CT molecular complexity index is 1280. The number of carbonyl (C=O) groups is 2. The molecule has 0 aliphatic heterocycles. The van der Waals surface area contributed by atoms with Gasteiger partial charge in [-0.25, -0.2) is 9.59 Å². The molecule has 0 atom stereocenters. The summed E-state index contributed by atoms with van der Waals surface area (Å²) in [5.74, 6) is 12.2. The largest absolute Gasteiger partial charge is 0.423 e. The van der Waals surface area contributed by atoms with Gasteiger partial charge in [-0.1, -0.05) is 49.0 Å². The third-order valence-corrected chi connectivity index (χ3v) is 4.37. The summed E-state index contributed by atoms with van der Waals surface area (Å²) in [4.78, 5) is 23.3. The number of hydrogen-bond donors (Lipinski definition) is 0. The normalized spacial score (nSPS) is 9.47. The van der Waals surface area contributed by atoms with E-state index in [0.29, 0.717) is 22.6 Å². The summed E-state index contributed by atoms with van der Waals surface area (Å²) in [6.07, 6.45) is 0. The lowest BCUT2D eigenvalue weighted by Crippen LogP contribution is -2.08. The number of esters is 2. The number of rotatable bonds is 4. The molecule has 0 amide bonds. The predicted octanol–water partition coefficient (Wildman–Crippen LogP) is 5.45. The standard InChI is InChI=1S/C30H22O4/c1-21(2)29(31)33-27-9-5-7-25(19-27)17-15-23-11-13-24(14-12-23)16-18-26-8-6-10-28(20-26)34-30(32)22(3)4/h5-14,19-20H,1,3H2,2,4H3. The SMILES string of the molecule is C=C(C)C(=O)Oc1cccc(C#Cc2ccc(C#Cc3cccc(OC(=O)C(=C)C)c3)cc2)c1. The van der Waals surface area contributed by atoms with Crippen molar-refractivity contribution in [3.63, 3.8) is 0 Å². The van der Waals surface area contributed by atoms with Crippen LogP contribution in [0.4, 0.5) is 0 Å². The first-order chi connectivity index (χ1) is 16.3. The molecule has 0 spiro atoms. The van der Waals surface area contributed by atoms with Crippen LogP contribution in [-0.4, -0.2) is 11.9 Å². The fourth-order valence-corrected chi connectivity index (χ4v) is 2.59. The highest BCUT2D eigenvalue weighted by molar-refractivity contribution is 5.89. The van der Waals surface area contributed by atoms with E-state index in [2.05, 4.69) is 36.8 Å². The maximum atomic E-state index is 11.7. The molecule has 0 aromatic heterocycles. The van der Waals surface area contributed by atoms with Gasteiger partial charge in [-0.15, -0.1) is 0 Å². The molecule has 0 aliphatic carbocycles. The van der Waals surface area contributed by atoms with Crippen molar-refractivity contribution in [2.45, 2.75) is 13.8 Å². The molecule has 3 rings (SSSR count). The molecule has 0 unspecified atom stereocenters. The van der Waals surface area contributed by atoms with E-state index in [1.807, 2.05) is 36.4 Å². The van der Waals surface area contributed by atoms with Crippen LogP contribution in [-0.2, 0) is 9.59 Å². The lowest BCUT2D eigenvalue weighted by molar-refractivity contribution is -0.130. The van der Waals surface area contributed by atoms with Gasteiger partial charge >= 0.3 is 11.9 Å². The van der Waals surface area contributed by atoms with E-state index in [4.69, 9.17) is 9.47 Å². The second kappa shape index (κ2) is 11.2. The molecule has 0 fully saturated rings. The van der Waals surface area contributed by atoms with Crippen LogP contribution in [0.25, 0.3) is 0 Å². The number of benzene rings is 3. The van der Waals surface area contributed by atoms with Crippen LogP contribution in [0.15, 0.2) is 97.1 Å². The first-order valence-electron chi connectivity index (χ1n) is 10.4. The Morgan fingerprint density at radius 1 is 0.588 bits per heavy atom. The third kappa shape index (κ3) is 7.12. The summed E-state index contributed by atoms with van der Waals surface area (Å²) in [5, 5.41) is 0. The van der Waals surface area contributed by atoms with Crippen molar-refractivity contribution in [2.75, 3.05) is 0 Å². The van der Waals surface area contributed by atoms with E-state index < -0.39 is 11.9 Å². The van der Waals surface area contributed by atoms with Crippen LogP contribution < -0.4 is 9.47 Å². The van der Waals surface area contributed by atoms with E-state index in [-0.39, 0.29) is 0 Å². The minimum absolute atomic E-state index is 0.332. The van der Waals surface area contributed by atoms with Crippen molar-refractivity contribution in [1.29, 1.82) is 0 Å². The molecule has 0 radical (unpaired) electrons. The zero-order chi connectivity index (χ0) is 24.5. The predicted molar refractivity (Wildman–Crippen MR) is 132 cm³/mol. The maximum Gasteiger partial charge on any atom is 0.338 e. The Kier molecular flexibility index (Phi) is 7.84. The quantitative estimate of drug-likeness (QED) is 0.232. The first kappa shape index (κ1) is 23.9. The molecular weight excluding hydrogens is 424 g/mol. The molecule has 3 aromatic rings. The van der Waals surface area contributed by atoms with Crippen molar-refractivity contribution >= 4 is 11.9 Å². The minimum atomic E-state index is -0.471. The summed E-state index contributed by atoms with van der Waals surface area (Å²) < 4.78 is 10.5. The van der Waals surface area contributed by atoms with Gasteiger partial charge in [0.1, 0.15) is 11.5 Å². The Hall–Kier alpha value is -4.80. The van der Waals surface area contributed by atoms with Gasteiger partial charge < -0.3 is 9.47 Å². The molecule has 0 N–H and O–H groups in total. The lowest BCUT2D eigenvalue weighted by atomic mass is 10.1. The first-order valence-corrected chi connectivity index (χ1v) is 10.4. The summed E-state index contributed by atoms with van der Waals surface area (Å²) in [7, 11) is 0. The highest BCUT2D eigenvalue weighted by Gasteiger charge is 2.06. The Balaban J connectivity index is 1.68. The molecule has 0 heterocycles. The Labute approximate surface area is 199 Å². The molecular formula is C30H22O4. The van der Waals surface area contributed by atoms with Gasteiger partial charge in [0.25, 0.3) is 0 Å². The highest BCUT2D eigenvalue weighted by atomic mass is 16.5. The van der Waals surface area contributed by atoms with E-state index in [9.17, 15) is 9.59 Å². The Morgan fingerprint density at radius 3 is 1.29 bits per heavy atom. The highest BCUT2D eigenvalue weighted by Crippen LogP contribution is 2.15. The number of hydrogen-bond acceptors (Lipinski definition) is 4. The molecule has 0 bridgehead atoms. The summed E-state index contributed by atoms with van der Waals surface area (Å²) >= 11 is 0. The molecule has 166 valence electrons. The average Bonchev–Trinajstić information content (AvgIpc) is 2.82. The van der Waals surface area contributed by atoms with Gasteiger partial charge in [-0.2, -0.15) is 0 Å². The van der Waals surface area contributed by atoms with Gasteiger partial charge in [-0.05, 0) is 74.5 Å². The molecule has 34 heavy (non-hydrogen) atoms. The lowest BCUT2D eigenvalue weighted by Gasteiger charge is -2.03. The van der Waals surface area contributed by atoms with Gasteiger partial charge in [0.05, 0.1) is 0 Å².